The van der Waals surface area contributed by atoms with Crippen LogP contribution in [-0.4, -0.2) is 37.8 Å². The van der Waals surface area contributed by atoms with Crippen LogP contribution >= 0.6 is 0 Å². The molecule has 0 saturated carbocycles. The van der Waals surface area contributed by atoms with E-state index in [-0.39, 0.29) is 45.3 Å². The van der Waals surface area contributed by atoms with Gasteiger partial charge in [0.05, 0.1) is 12.2 Å². The molecule has 0 heterocycles. The van der Waals surface area contributed by atoms with Crippen molar-refractivity contribution in [3.63, 3.8) is 0 Å². The lowest BCUT2D eigenvalue weighted by atomic mass is 10.1. The second-order valence-corrected chi connectivity index (χ2v) is 17.7. The number of hydrogen-bond donors (Lipinski definition) is 0. The van der Waals surface area contributed by atoms with Gasteiger partial charge in [0.25, 0.3) is 0 Å². The Labute approximate surface area is 355 Å². The van der Waals surface area contributed by atoms with Crippen LogP contribution in [0.15, 0.2) is 118 Å². The zero-order chi connectivity index (χ0) is 45.4. The van der Waals surface area contributed by atoms with Crippen LogP contribution in [-0.2, 0) is 35.1 Å². The Morgan fingerprint density at radius 2 is 0.873 bits per heavy atom. The number of fused-ring (bicyclic) bond motifs is 3. The Kier molecular flexibility index (Phi) is 11.1. The van der Waals surface area contributed by atoms with Gasteiger partial charge in [-0.05, 0) is 76.2 Å². The highest BCUT2D eigenvalue weighted by Crippen LogP contribution is 2.46. The molecule has 0 aromatic heterocycles. The van der Waals surface area contributed by atoms with Gasteiger partial charge < -0.3 is 32.6 Å². The molecule has 0 fully saturated rings. The molecule has 0 spiro atoms. The maximum absolute atomic E-state index is 14.3. The summed E-state index contributed by atoms with van der Waals surface area (Å²) in [5.41, 5.74) is -2.00. The van der Waals surface area contributed by atoms with Crippen LogP contribution in [0.25, 0.3) is 47.2 Å². The van der Waals surface area contributed by atoms with Crippen LogP contribution in [0, 0.1) is 16.2 Å². The van der Waals surface area contributed by atoms with E-state index in [0.717, 1.165) is 72.8 Å². The molecule has 0 saturated heterocycles. The molecule has 0 atom stereocenters. The first-order valence-electron chi connectivity index (χ1n) is 17.9. The van der Waals surface area contributed by atoms with Crippen LogP contribution in [0.5, 0.6) is 34.5 Å². The predicted octanol–water partition coefficient (Wildman–Crippen LogP) is 6.69. The van der Waals surface area contributed by atoms with Gasteiger partial charge in [-0.25, -0.2) is 4.79 Å². The first-order chi connectivity index (χ1) is 30.0. The van der Waals surface area contributed by atoms with Crippen molar-refractivity contribution >= 4 is 85.7 Å². The third-order valence-electron chi connectivity index (χ3n) is 9.27. The molecule has 316 valence electrons. The third kappa shape index (κ3) is 7.79. The number of nitrogens with zero attached hydrogens (tertiary/aromatic N) is 6. The Morgan fingerprint density at radius 1 is 0.524 bits per heavy atom. The van der Waals surface area contributed by atoms with Crippen LogP contribution < -0.4 is 27.9 Å². The molecule has 0 amide bonds. The van der Waals surface area contributed by atoms with Gasteiger partial charge in [0.1, 0.15) is 14.7 Å². The van der Waals surface area contributed by atoms with Gasteiger partial charge >= 0.3 is 53.4 Å². The van der Waals surface area contributed by atoms with Gasteiger partial charge in [-0.3, -0.25) is 0 Å². The SMILES string of the molecule is CCCOC(=O)c1cc(OS(=O)(=O)c2cccc3c([O-])c([N+]#N)ccc23)c(OS(=O)(=O)c2cccc3c([O-])c([N+]#N)ccc23)c(OS(=O)(=O)c2cccc3c([O-])c([N+]#N)ccc23)c1. The van der Waals surface area contributed by atoms with Gasteiger partial charge in [-0.2, -0.15) is 25.3 Å². The lowest BCUT2D eigenvalue weighted by molar-refractivity contribution is -0.265. The molecule has 7 aromatic rings. The maximum Gasteiger partial charge on any atom is 0.378 e. The molecule has 0 radical (unpaired) electrons. The smallest absolute Gasteiger partial charge is 0.378 e. The van der Waals surface area contributed by atoms with Crippen molar-refractivity contribution in [1.82, 2.24) is 0 Å². The van der Waals surface area contributed by atoms with E-state index in [1.54, 1.807) is 6.92 Å². The highest BCUT2D eigenvalue weighted by Gasteiger charge is 2.34. The number of esters is 1. The van der Waals surface area contributed by atoms with E-state index in [1.165, 1.54) is 18.2 Å². The van der Waals surface area contributed by atoms with E-state index >= 15 is 0 Å². The average molecular weight is 909 g/mol. The normalized spacial score (nSPS) is 11.7. The molecule has 7 aromatic carbocycles. The van der Waals surface area contributed by atoms with Gasteiger partial charge in [0.15, 0.2) is 26.4 Å². The summed E-state index contributed by atoms with van der Waals surface area (Å²) in [5.74, 6) is -7.56. The number of carbonyl (C=O) groups is 1. The maximum atomic E-state index is 14.3. The number of diazo groups is 3. The zero-order valence-electron chi connectivity index (χ0n) is 31.9. The van der Waals surface area contributed by atoms with Gasteiger partial charge in [0, 0.05) is 46.5 Å². The summed E-state index contributed by atoms with van der Waals surface area (Å²) in [6, 6.07) is 17.6. The molecule has 63 heavy (non-hydrogen) atoms. The van der Waals surface area contributed by atoms with E-state index in [0.29, 0.717) is 12.1 Å². The first-order valence-corrected chi connectivity index (χ1v) is 22.1. The molecular formula is C40H24N6O14S3. The van der Waals surface area contributed by atoms with E-state index in [4.69, 9.17) is 17.3 Å². The quantitative estimate of drug-likeness (QED) is 0.0700. The highest BCUT2D eigenvalue weighted by molar-refractivity contribution is 7.88. The zero-order valence-corrected chi connectivity index (χ0v) is 34.3. The minimum Gasteiger partial charge on any atom is -0.867 e. The molecule has 7 rings (SSSR count). The van der Waals surface area contributed by atoms with Crippen molar-refractivity contribution in [2.24, 2.45) is 0 Å². The van der Waals surface area contributed by atoms with Crippen LogP contribution in [0.2, 0.25) is 0 Å². The Balaban J connectivity index is 1.48. The van der Waals surface area contributed by atoms with E-state index in [1.807, 2.05) is 0 Å². The molecule has 0 bridgehead atoms. The molecule has 0 unspecified atom stereocenters. The molecule has 20 nitrogen and oxygen atoms in total. The summed E-state index contributed by atoms with van der Waals surface area (Å²) in [6.07, 6.45) is 0.284. The predicted molar refractivity (Wildman–Crippen MR) is 215 cm³/mol. The topological polar surface area (TPSA) is 310 Å². The number of ether oxygens (including phenoxy) is 1. The highest BCUT2D eigenvalue weighted by atomic mass is 32.2. The van der Waals surface area contributed by atoms with E-state index in [9.17, 15) is 61.5 Å². The summed E-state index contributed by atoms with van der Waals surface area (Å²) in [6.45, 7) is 1.44. The Morgan fingerprint density at radius 3 is 1.21 bits per heavy atom. The summed E-state index contributed by atoms with van der Waals surface area (Å²) in [5, 5.41) is 65.1. The monoisotopic (exact) mass is 908 g/mol. The second kappa shape index (κ2) is 16.3. The molecule has 0 aliphatic heterocycles. The summed E-state index contributed by atoms with van der Waals surface area (Å²) in [4.78, 5) is 19.9. The van der Waals surface area contributed by atoms with Crippen LogP contribution in [0.3, 0.4) is 0 Å². The first kappa shape index (κ1) is 42.8. The van der Waals surface area contributed by atoms with Crippen LogP contribution in [0.4, 0.5) is 17.1 Å². The van der Waals surface area contributed by atoms with Gasteiger partial charge in [0.2, 0.25) is 21.9 Å². The van der Waals surface area contributed by atoms with Crippen molar-refractivity contribution in [2.45, 2.75) is 28.0 Å². The second-order valence-electron chi connectivity index (χ2n) is 13.1. The fourth-order valence-electron chi connectivity index (χ4n) is 6.42. The fraction of sp³-hybridized carbons (Fsp3) is 0.0750. The van der Waals surface area contributed by atoms with Crippen molar-refractivity contribution < 1.29 is 62.7 Å². The largest absolute Gasteiger partial charge is 0.867 e. The number of hydrogen-bond acceptors (Lipinski definition) is 17. The molecule has 0 aliphatic rings. The summed E-state index contributed by atoms with van der Waals surface area (Å²) < 4.78 is 107. The molecule has 0 N–H and O–H groups in total. The lowest BCUT2D eigenvalue weighted by Gasteiger charge is -2.19. The Bertz CT molecular complexity index is 3430. The number of rotatable bonds is 12. The molecular weight excluding hydrogens is 885 g/mol. The third-order valence-corrected chi connectivity index (χ3v) is 13.1. The minimum atomic E-state index is -5.35. The Hall–Kier alpha value is -8.30. The van der Waals surface area contributed by atoms with E-state index < -0.39 is 108 Å². The fourth-order valence-corrected chi connectivity index (χ4v) is 9.87. The number of carbonyl (C=O) groups excluding carboxylic acids is 1. The average Bonchev–Trinajstić information content (AvgIpc) is 3.26. The standard InChI is InChI=1S/C40H24N6O14S3/c1-2-18-57-40(50)21-19-31(58-61(51,52)33-9-3-6-25-22(33)12-15-28(44-41)36(25)47)39(60-63(55,56)35-11-5-8-27-24(35)14-17-30(46-43)38(27)49)32(20-21)59-62(53,54)34-10-4-7-26-23(34)13-16-29(45-42)37(26)48/h3-17,19-20H,2,18H2,1H3. The molecule has 0 aliphatic carbocycles. The van der Waals surface area contributed by atoms with E-state index in [2.05, 4.69) is 14.9 Å². The lowest BCUT2D eigenvalue weighted by Crippen LogP contribution is -2.18. The number of benzene rings is 7. The summed E-state index contributed by atoms with van der Waals surface area (Å²) in [7, 11) is -15.9. The molecule has 23 heteroatoms. The van der Waals surface area contributed by atoms with Crippen molar-refractivity contribution in [2.75, 3.05) is 6.61 Å². The van der Waals surface area contributed by atoms with Crippen molar-refractivity contribution in [1.29, 1.82) is 16.2 Å². The van der Waals surface area contributed by atoms with Crippen LogP contribution in [0.1, 0.15) is 23.7 Å². The summed E-state index contributed by atoms with van der Waals surface area (Å²) >= 11 is 0. The van der Waals surface area contributed by atoms with Crippen molar-refractivity contribution in [3.8, 4) is 34.5 Å². The minimum absolute atomic E-state index is 0.201. The van der Waals surface area contributed by atoms with Crippen molar-refractivity contribution in [3.05, 3.63) is 124 Å². The van der Waals surface area contributed by atoms with Gasteiger partial charge in [-0.1, -0.05) is 43.3 Å². The van der Waals surface area contributed by atoms with Gasteiger partial charge in [-0.15, -0.1) is 0 Å².